The van der Waals surface area contributed by atoms with Crippen LogP contribution in [0.3, 0.4) is 0 Å². The highest BCUT2D eigenvalue weighted by Crippen LogP contribution is 2.34. The van der Waals surface area contributed by atoms with E-state index in [0.29, 0.717) is 6.04 Å². The molecule has 1 saturated heterocycles. The second-order valence-corrected chi connectivity index (χ2v) is 8.38. The van der Waals surface area contributed by atoms with E-state index in [4.69, 9.17) is 14.5 Å². The molecule has 158 valence electrons. The van der Waals surface area contributed by atoms with Gasteiger partial charge in [0.2, 0.25) is 0 Å². The van der Waals surface area contributed by atoms with Crippen molar-refractivity contribution in [2.75, 3.05) is 41.4 Å². The molecular formula is C25H31N3O2. The zero-order valence-corrected chi connectivity index (χ0v) is 18.6. The molecule has 3 aromatic rings. The first-order chi connectivity index (χ1) is 14.5. The molecular weight excluding hydrogens is 374 g/mol. The fourth-order valence-corrected chi connectivity index (χ4v) is 4.34. The van der Waals surface area contributed by atoms with Gasteiger partial charge in [0.05, 0.1) is 25.4 Å². The molecule has 0 spiro atoms. The zero-order valence-electron chi connectivity index (χ0n) is 18.6. The van der Waals surface area contributed by atoms with Crippen molar-refractivity contribution in [3.63, 3.8) is 0 Å². The van der Waals surface area contributed by atoms with E-state index in [0.717, 1.165) is 47.9 Å². The number of rotatable bonds is 6. The maximum atomic E-state index is 5.55. The van der Waals surface area contributed by atoms with Crippen LogP contribution in [0.2, 0.25) is 0 Å². The minimum Gasteiger partial charge on any atom is -0.493 e. The Bertz CT molecular complexity index is 1050. The number of ether oxygens (including phenoxy) is 2. The number of methoxy groups -OCH3 is 2. The highest BCUT2D eigenvalue weighted by molar-refractivity contribution is 5.84. The number of likely N-dealkylation sites (N-methyl/N-ethyl adjacent to an activating group) is 2. The summed E-state index contributed by atoms with van der Waals surface area (Å²) in [6.45, 7) is 5.24. The van der Waals surface area contributed by atoms with Crippen LogP contribution in [0.1, 0.15) is 17.5 Å². The highest BCUT2D eigenvalue weighted by Gasteiger charge is 2.24. The van der Waals surface area contributed by atoms with Crippen molar-refractivity contribution >= 4 is 10.9 Å². The number of likely N-dealkylation sites (tertiary alicyclic amines) is 1. The number of aryl methyl sites for hydroxylation is 1. The molecule has 2 aromatic carbocycles. The standard InChI is InChI=1S/C25H31N3O2/c1-17-6-7-18-13-20(15-28(3)21-10-11-27(2)16-21)25(26-22(18)12-17)19-8-9-23(29-4)24(14-19)30-5/h6-9,12-14,21H,10-11,15-16H2,1-5H3/t21-/m0/s1. The second-order valence-electron chi connectivity index (χ2n) is 8.38. The summed E-state index contributed by atoms with van der Waals surface area (Å²) in [5, 5.41) is 1.18. The molecule has 1 aliphatic rings. The van der Waals surface area contributed by atoms with E-state index in [1.165, 1.54) is 22.9 Å². The van der Waals surface area contributed by atoms with Crippen molar-refractivity contribution in [2.45, 2.75) is 25.9 Å². The van der Waals surface area contributed by atoms with Crippen molar-refractivity contribution in [3.05, 3.63) is 53.6 Å². The highest BCUT2D eigenvalue weighted by atomic mass is 16.5. The predicted octanol–water partition coefficient (Wildman–Crippen LogP) is 4.36. The Morgan fingerprint density at radius 3 is 2.57 bits per heavy atom. The van der Waals surface area contributed by atoms with Gasteiger partial charge in [-0.2, -0.15) is 0 Å². The first kappa shape index (κ1) is 20.6. The van der Waals surface area contributed by atoms with Crippen molar-refractivity contribution in [3.8, 4) is 22.8 Å². The Morgan fingerprint density at radius 2 is 1.87 bits per heavy atom. The number of benzene rings is 2. The lowest BCUT2D eigenvalue weighted by Gasteiger charge is -2.25. The van der Waals surface area contributed by atoms with Gasteiger partial charge in [0.15, 0.2) is 11.5 Å². The molecule has 1 fully saturated rings. The molecule has 1 aromatic heterocycles. The van der Waals surface area contributed by atoms with Crippen LogP contribution in [0.5, 0.6) is 11.5 Å². The van der Waals surface area contributed by atoms with Crippen LogP contribution >= 0.6 is 0 Å². The molecule has 0 radical (unpaired) electrons. The number of hydrogen-bond donors (Lipinski definition) is 0. The van der Waals surface area contributed by atoms with Crippen LogP contribution in [0.4, 0.5) is 0 Å². The minimum absolute atomic E-state index is 0.571. The predicted molar refractivity (Wildman–Crippen MR) is 122 cm³/mol. The number of aromatic nitrogens is 1. The Hall–Kier alpha value is -2.63. The van der Waals surface area contributed by atoms with Gasteiger partial charge in [-0.05, 0) is 75.4 Å². The lowest BCUT2D eigenvalue weighted by molar-refractivity contribution is 0.234. The smallest absolute Gasteiger partial charge is 0.161 e. The van der Waals surface area contributed by atoms with Crippen LogP contribution in [-0.4, -0.2) is 62.2 Å². The number of pyridine rings is 1. The van der Waals surface area contributed by atoms with Gasteiger partial charge in [-0.1, -0.05) is 12.1 Å². The summed E-state index contributed by atoms with van der Waals surface area (Å²) in [6, 6.07) is 15.4. The molecule has 4 rings (SSSR count). The summed E-state index contributed by atoms with van der Waals surface area (Å²) in [7, 11) is 7.75. The van der Waals surface area contributed by atoms with Gasteiger partial charge in [-0.3, -0.25) is 4.90 Å². The summed E-state index contributed by atoms with van der Waals surface area (Å²) in [5.74, 6) is 1.45. The molecule has 0 saturated carbocycles. The minimum atomic E-state index is 0.571. The third-order valence-corrected chi connectivity index (χ3v) is 6.12. The van der Waals surface area contributed by atoms with E-state index in [9.17, 15) is 0 Å². The van der Waals surface area contributed by atoms with Crippen molar-refractivity contribution in [1.82, 2.24) is 14.8 Å². The van der Waals surface area contributed by atoms with Gasteiger partial charge in [0.25, 0.3) is 0 Å². The normalized spacial score (nSPS) is 17.1. The molecule has 1 aliphatic heterocycles. The molecule has 0 N–H and O–H groups in total. The maximum absolute atomic E-state index is 5.55. The molecule has 5 heteroatoms. The second kappa shape index (κ2) is 8.62. The maximum Gasteiger partial charge on any atom is 0.161 e. The van der Waals surface area contributed by atoms with E-state index in [-0.39, 0.29) is 0 Å². The van der Waals surface area contributed by atoms with Crippen molar-refractivity contribution < 1.29 is 9.47 Å². The Labute approximate surface area is 179 Å². The first-order valence-corrected chi connectivity index (χ1v) is 10.5. The summed E-state index contributed by atoms with van der Waals surface area (Å²) in [4.78, 5) is 9.96. The number of nitrogens with zero attached hydrogens (tertiary/aromatic N) is 3. The largest absolute Gasteiger partial charge is 0.493 e. The van der Waals surface area contributed by atoms with Gasteiger partial charge >= 0.3 is 0 Å². The number of hydrogen-bond acceptors (Lipinski definition) is 5. The molecule has 5 nitrogen and oxygen atoms in total. The van der Waals surface area contributed by atoms with Crippen LogP contribution in [-0.2, 0) is 6.54 Å². The molecule has 0 amide bonds. The van der Waals surface area contributed by atoms with Gasteiger partial charge < -0.3 is 14.4 Å². The molecule has 1 atom stereocenters. The molecule has 30 heavy (non-hydrogen) atoms. The van der Waals surface area contributed by atoms with Crippen LogP contribution < -0.4 is 9.47 Å². The van der Waals surface area contributed by atoms with E-state index in [2.05, 4.69) is 61.2 Å². The Morgan fingerprint density at radius 1 is 1.07 bits per heavy atom. The summed E-state index contributed by atoms with van der Waals surface area (Å²) in [5.41, 5.74) is 5.52. The lowest BCUT2D eigenvalue weighted by Crippen LogP contribution is -2.33. The Kier molecular flexibility index (Phi) is 5.93. The average Bonchev–Trinajstić information content (AvgIpc) is 3.19. The molecule has 0 unspecified atom stereocenters. The van der Waals surface area contributed by atoms with Crippen LogP contribution in [0.15, 0.2) is 42.5 Å². The fourth-order valence-electron chi connectivity index (χ4n) is 4.34. The third-order valence-electron chi connectivity index (χ3n) is 6.12. The third kappa shape index (κ3) is 4.13. The topological polar surface area (TPSA) is 37.8 Å². The van der Waals surface area contributed by atoms with E-state index < -0.39 is 0 Å². The zero-order chi connectivity index (χ0) is 21.3. The quantitative estimate of drug-likeness (QED) is 0.609. The van der Waals surface area contributed by atoms with Crippen LogP contribution in [0, 0.1) is 6.92 Å². The van der Waals surface area contributed by atoms with Crippen molar-refractivity contribution in [1.29, 1.82) is 0 Å². The van der Waals surface area contributed by atoms with Gasteiger partial charge in [0.1, 0.15) is 0 Å². The molecule has 0 aliphatic carbocycles. The first-order valence-electron chi connectivity index (χ1n) is 10.5. The molecule has 2 heterocycles. The summed E-state index contributed by atoms with van der Waals surface area (Å²) < 4.78 is 11.0. The fraction of sp³-hybridized carbons (Fsp3) is 0.400. The average molecular weight is 406 g/mol. The van der Waals surface area contributed by atoms with Gasteiger partial charge in [-0.25, -0.2) is 4.98 Å². The summed E-state index contributed by atoms with van der Waals surface area (Å²) >= 11 is 0. The lowest BCUT2D eigenvalue weighted by atomic mass is 10.0. The monoisotopic (exact) mass is 405 g/mol. The Balaban J connectivity index is 1.78. The van der Waals surface area contributed by atoms with Gasteiger partial charge in [-0.15, -0.1) is 0 Å². The SMILES string of the molecule is COc1ccc(-c2nc3cc(C)ccc3cc2CN(C)[C@H]2CCN(C)C2)cc1OC. The van der Waals surface area contributed by atoms with E-state index in [1.807, 2.05) is 12.1 Å². The summed E-state index contributed by atoms with van der Waals surface area (Å²) in [6.07, 6.45) is 1.21. The van der Waals surface area contributed by atoms with E-state index >= 15 is 0 Å². The number of fused-ring (bicyclic) bond motifs is 1. The van der Waals surface area contributed by atoms with Gasteiger partial charge in [0, 0.05) is 30.1 Å². The van der Waals surface area contributed by atoms with Crippen LogP contribution in [0.25, 0.3) is 22.2 Å². The van der Waals surface area contributed by atoms with E-state index in [1.54, 1.807) is 14.2 Å². The van der Waals surface area contributed by atoms with Crippen molar-refractivity contribution in [2.24, 2.45) is 0 Å². The molecule has 0 bridgehead atoms.